The molecule has 0 aromatic heterocycles. The van der Waals surface area contributed by atoms with Crippen LogP contribution in [0.4, 0.5) is 0 Å². The highest BCUT2D eigenvalue weighted by atomic mass is 16.3. The second kappa shape index (κ2) is 9.12. The Kier molecular flexibility index (Phi) is 7.54. The van der Waals surface area contributed by atoms with E-state index < -0.39 is 11.2 Å². The lowest BCUT2D eigenvalue weighted by Gasteiger charge is -2.36. The van der Waals surface area contributed by atoms with E-state index in [0.717, 1.165) is 32.1 Å². The molecule has 0 bridgehead atoms. The molecule has 6 heteroatoms. The van der Waals surface area contributed by atoms with Gasteiger partial charge >= 0.3 is 0 Å². The van der Waals surface area contributed by atoms with Gasteiger partial charge in [0.2, 0.25) is 11.8 Å². The van der Waals surface area contributed by atoms with Gasteiger partial charge in [-0.3, -0.25) is 9.59 Å². The van der Waals surface area contributed by atoms with Crippen molar-refractivity contribution in [1.29, 1.82) is 0 Å². The molecular formula is C22H40N2O4. The first-order valence-corrected chi connectivity index (χ1v) is 10.9. The van der Waals surface area contributed by atoms with Gasteiger partial charge in [0.15, 0.2) is 0 Å². The van der Waals surface area contributed by atoms with Crippen LogP contribution >= 0.6 is 0 Å². The molecule has 0 saturated heterocycles. The normalized spacial score (nSPS) is 27.7. The molecule has 3 atom stereocenters. The zero-order valence-corrected chi connectivity index (χ0v) is 18.1. The van der Waals surface area contributed by atoms with Crippen molar-refractivity contribution in [3.8, 4) is 0 Å². The van der Waals surface area contributed by atoms with Crippen LogP contribution in [0.15, 0.2) is 0 Å². The molecule has 2 aliphatic rings. The first-order chi connectivity index (χ1) is 12.9. The maximum Gasteiger partial charge on any atom is 0.220 e. The number of rotatable bonds is 9. The SMILES string of the molecule is C[C@H](CC(=O)NCC1(O)CCC1)CC1CCC(O)(CNC(=O)CC(C)(C)C)C1. The second-order valence-corrected chi connectivity index (χ2v) is 10.7. The van der Waals surface area contributed by atoms with E-state index in [9.17, 15) is 19.8 Å². The third-order valence-corrected chi connectivity index (χ3v) is 6.16. The summed E-state index contributed by atoms with van der Waals surface area (Å²) in [6.07, 6.45) is 6.68. The van der Waals surface area contributed by atoms with Crippen LogP contribution in [0, 0.1) is 17.3 Å². The number of hydrogen-bond acceptors (Lipinski definition) is 4. The first kappa shape index (κ1) is 23.1. The fourth-order valence-electron chi connectivity index (χ4n) is 4.45. The summed E-state index contributed by atoms with van der Waals surface area (Å²) in [7, 11) is 0. The number of carbonyl (C=O) groups excluding carboxylic acids is 2. The van der Waals surface area contributed by atoms with Gasteiger partial charge in [0.05, 0.1) is 11.2 Å². The Hall–Kier alpha value is -1.14. The number of carbonyl (C=O) groups is 2. The van der Waals surface area contributed by atoms with Crippen LogP contribution in [0.3, 0.4) is 0 Å². The average molecular weight is 397 g/mol. The average Bonchev–Trinajstić information content (AvgIpc) is 2.89. The van der Waals surface area contributed by atoms with Crippen molar-refractivity contribution in [1.82, 2.24) is 10.6 Å². The van der Waals surface area contributed by atoms with Gasteiger partial charge in [-0.1, -0.05) is 27.7 Å². The Balaban J connectivity index is 1.66. The maximum atomic E-state index is 12.1. The van der Waals surface area contributed by atoms with E-state index in [1.807, 2.05) is 20.8 Å². The Labute approximate surface area is 169 Å². The van der Waals surface area contributed by atoms with Crippen LogP contribution in [-0.2, 0) is 9.59 Å². The summed E-state index contributed by atoms with van der Waals surface area (Å²) >= 11 is 0. The van der Waals surface area contributed by atoms with E-state index in [0.29, 0.717) is 44.7 Å². The minimum atomic E-state index is -0.826. The van der Waals surface area contributed by atoms with Crippen molar-refractivity contribution in [2.75, 3.05) is 13.1 Å². The molecule has 6 nitrogen and oxygen atoms in total. The Bertz CT molecular complexity index is 553. The minimum Gasteiger partial charge on any atom is -0.388 e. The topological polar surface area (TPSA) is 98.7 Å². The van der Waals surface area contributed by atoms with Gasteiger partial charge in [-0.25, -0.2) is 0 Å². The van der Waals surface area contributed by atoms with E-state index in [-0.39, 0.29) is 23.1 Å². The molecule has 2 fully saturated rings. The van der Waals surface area contributed by atoms with E-state index in [1.54, 1.807) is 0 Å². The van der Waals surface area contributed by atoms with Crippen molar-refractivity contribution in [3.05, 3.63) is 0 Å². The molecule has 0 aromatic carbocycles. The predicted molar refractivity (Wildman–Crippen MR) is 110 cm³/mol. The Morgan fingerprint density at radius 2 is 1.64 bits per heavy atom. The quantitative estimate of drug-likeness (QED) is 0.481. The van der Waals surface area contributed by atoms with Gasteiger partial charge in [0.25, 0.3) is 0 Å². The molecule has 0 spiro atoms. The lowest BCUT2D eigenvalue weighted by molar-refractivity contribution is -0.125. The van der Waals surface area contributed by atoms with Crippen molar-refractivity contribution < 1.29 is 19.8 Å². The van der Waals surface area contributed by atoms with Crippen molar-refractivity contribution in [2.24, 2.45) is 17.3 Å². The molecular weight excluding hydrogens is 356 g/mol. The number of hydrogen-bond donors (Lipinski definition) is 4. The van der Waals surface area contributed by atoms with Crippen LogP contribution in [0.1, 0.15) is 85.5 Å². The lowest BCUT2D eigenvalue weighted by atomic mass is 9.80. The highest BCUT2D eigenvalue weighted by Gasteiger charge is 2.38. The number of amides is 2. The molecule has 2 amide bonds. The minimum absolute atomic E-state index is 0.00414. The fraction of sp³-hybridized carbons (Fsp3) is 0.909. The molecule has 0 heterocycles. The Morgan fingerprint density at radius 3 is 2.21 bits per heavy atom. The van der Waals surface area contributed by atoms with Gasteiger partial charge in [0.1, 0.15) is 0 Å². The third kappa shape index (κ3) is 7.70. The van der Waals surface area contributed by atoms with Gasteiger partial charge in [0, 0.05) is 25.9 Å². The molecule has 0 radical (unpaired) electrons. The molecule has 2 rings (SSSR count). The standard InChI is InChI=1S/C22H40N2O4/c1-16(11-18(25)23-14-21(27)7-5-8-21)10-17-6-9-22(28,12-17)15-24-19(26)13-20(2,3)4/h16-17,27-28H,5-15H2,1-4H3,(H,23,25)(H,24,26)/t16-,17?,22?/m0/s1. The van der Waals surface area contributed by atoms with E-state index >= 15 is 0 Å². The lowest BCUT2D eigenvalue weighted by Crippen LogP contribution is -2.48. The maximum absolute atomic E-state index is 12.1. The van der Waals surface area contributed by atoms with Gasteiger partial charge in [-0.2, -0.15) is 0 Å². The number of aliphatic hydroxyl groups is 2. The third-order valence-electron chi connectivity index (χ3n) is 6.16. The smallest absolute Gasteiger partial charge is 0.220 e. The number of nitrogens with one attached hydrogen (secondary N) is 2. The first-order valence-electron chi connectivity index (χ1n) is 10.9. The molecule has 4 N–H and O–H groups in total. The van der Waals surface area contributed by atoms with Gasteiger partial charge < -0.3 is 20.8 Å². The zero-order chi connectivity index (χ0) is 21.0. The molecule has 0 aliphatic heterocycles. The summed E-state index contributed by atoms with van der Waals surface area (Å²) in [4.78, 5) is 24.1. The van der Waals surface area contributed by atoms with Gasteiger partial charge in [-0.05, 0) is 62.2 Å². The van der Waals surface area contributed by atoms with Crippen molar-refractivity contribution in [2.45, 2.75) is 96.7 Å². The summed E-state index contributed by atoms with van der Waals surface area (Å²) in [5.74, 6) is 0.597. The summed E-state index contributed by atoms with van der Waals surface area (Å²) in [5, 5.41) is 26.6. The Morgan fingerprint density at radius 1 is 1.04 bits per heavy atom. The molecule has 2 unspecified atom stereocenters. The largest absolute Gasteiger partial charge is 0.388 e. The highest BCUT2D eigenvalue weighted by molar-refractivity contribution is 5.76. The molecule has 0 aromatic rings. The summed E-state index contributed by atoms with van der Waals surface area (Å²) in [6, 6.07) is 0. The summed E-state index contributed by atoms with van der Waals surface area (Å²) in [6.45, 7) is 8.81. The van der Waals surface area contributed by atoms with E-state index in [1.165, 1.54) is 0 Å². The van der Waals surface area contributed by atoms with Crippen molar-refractivity contribution >= 4 is 11.8 Å². The van der Waals surface area contributed by atoms with Crippen LogP contribution < -0.4 is 10.6 Å². The van der Waals surface area contributed by atoms with Crippen LogP contribution in [0.2, 0.25) is 0 Å². The fourth-order valence-corrected chi connectivity index (χ4v) is 4.45. The predicted octanol–water partition coefficient (Wildman–Crippen LogP) is 2.52. The van der Waals surface area contributed by atoms with E-state index in [2.05, 4.69) is 17.6 Å². The molecule has 162 valence electrons. The van der Waals surface area contributed by atoms with Gasteiger partial charge in [-0.15, -0.1) is 0 Å². The van der Waals surface area contributed by atoms with Crippen LogP contribution in [0.5, 0.6) is 0 Å². The van der Waals surface area contributed by atoms with E-state index in [4.69, 9.17) is 0 Å². The molecule has 2 aliphatic carbocycles. The summed E-state index contributed by atoms with van der Waals surface area (Å²) in [5.41, 5.74) is -1.57. The highest BCUT2D eigenvalue weighted by Crippen LogP contribution is 2.38. The second-order valence-electron chi connectivity index (χ2n) is 10.7. The zero-order valence-electron chi connectivity index (χ0n) is 18.1. The van der Waals surface area contributed by atoms with Crippen LogP contribution in [0.25, 0.3) is 0 Å². The monoisotopic (exact) mass is 396 g/mol. The molecule has 28 heavy (non-hydrogen) atoms. The van der Waals surface area contributed by atoms with Crippen LogP contribution in [-0.4, -0.2) is 46.3 Å². The summed E-state index contributed by atoms with van der Waals surface area (Å²) < 4.78 is 0. The van der Waals surface area contributed by atoms with Crippen molar-refractivity contribution in [3.63, 3.8) is 0 Å². The molecule has 2 saturated carbocycles.